The smallest absolute Gasteiger partial charge is 0.131 e. The van der Waals surface area contributed by atoms with E-state index in [4.69, 9.17) is 4.74 Å². The number of halogens is 1. The Morgan fingerprint density at radius 1 is 1.50 bits per heavy atom. The first-order valence-electron chi connectivity index (χ1n) is 6.38. The van der Waals surface area contributed by atoms with E-state index in [9.17, 15) is 4.39 Å². The van der Waals surface area contributed by atoms with E-state index in [1.54, 1.807) is 7.11 Å². The van der Waals surface area contributed by atoms with Crippen molar-refractivity contribution in [1.29, 1.82) is 0 Å². The Balaban J connectivity index is 2.01. The van der Waals surface area contributed by atoms with Crippen molar-refractivity contribution in [3.8, 4) is 5.75 Å². The van der Waals surface area contributed by atoms with E-state index >= 15 is 0 Å². The Kier molecular flexibility index (Phi) is 4.89. The van der Waals surface area contributed by atoms with Crippen LogP contribution in [0, 0.1) is 5.82 Å². The molecule has 0 radical (unpaired) electrons. The Morgan fingerprint density at radius 3 is 2.94 bits per heavy atom. The van der Waals surface area contributed by atoms with Gasteiger partial charge >= 0.3 is 0 Å². The normalized spacial score (nSPS) is 21.6. The van der Waals surface area contributed by atoms with Gasteiger partial charge in [-0.15, -0.1) is 0 Å². The summed E-state index contributed by atoms with van der Waals surface area (Å²) in [5.74, 6) is 2.75. The van der Waals surface area contributed by atoms with Gasteiger partial charge in [-0.3, -0.25) is 0 Å². The largest absolute Gasteiger partial charge is 0.497 e. The molecule has 2 rings (SSSR count). The lowest BCUT2D eigenvalue weighted by atomic mass is 10.1. The van der Waals surface area contributed by atoms with Crippen molar-refractivity contribution in [3.05, 3.63) is 29.6 Å². The van der Waals surface area contributed by atoms with E-state index in [1.165, 1.54) is 24.7 Å². The molecule has 2 atom stereocenters. The van der Waals surface area contributed by atoms with Crippen LogP contribution in [-0.2, 0) is 0 Å². The van der Waals surface area contributed by atoms with E-state index in [0.717, 1.165) is 5.75 Å². The molecule has 2 unspecified atom stereocenters. The molecule has 1 fully saturated rings. The fourth-order valence-electron chi connectivity index (χ4n) is 2.30. The molecule has 1 saturated heterocycles. The van der Waals surface area contributed by atoms with E-state index in [-0.39, 0.29) is 11.9 Å². The minimum Gasteiger partial charge on any atom is -0.497 e. The molecule has 1 aromatic carbocycles. The molecule has 0 aliphatic carbocycles. The number of methoxy groups -OCH3 is 1. The van der Waals surface area contributed by atoms with Crippen LogP contribution >= 0.6 is 11.8 Å². The van der Waals surface area contributed by atoms with Gasteiger partial charge in [0.15, 0.2) is 0 Å². The van der Waals surface area contributed by atoms with Crippen molar-refractivity contribution < 1.29 is 9.13 Å². The third kappa shape index (κ3) is 3.39. The second-order valence-electron chi connectivity index (χ2n) is 4.69. The lowest BCUT2D eigenvalue weighted by Gasteiger charge is -2.26. The number of nitrogens with one attached hydrogen (secondary N) is 1. The summed E-state index contributed by atoms with van der Waals surface area (Å²) in [6.07, 6.45) is 2.44. The second kappa shape index (κ2) is 6.43. The average Bonchev–Trinajstić information content (AvgIpc) is 2.39. The Hall–Kier alpha value is -0.740. The fraction of sp³-hybridized carbons (Fsp3) is 0.571. The summed E-state index contributed by atoms with van der Waals surface area (Å²) in [5, 5.41) is 3.51. The maximum absolute atomic E-state index is 13.9. The van der Waals surface area contributed by atoms with Crippen LogP contribution in [0.15, 0.2) is 18.2 Å². The van der Waals surface area contributed by atoms with Crippen LogP contribution in [0.4, 0.5) is 4.39 Å². The zero-order valence-electron chi connectivity index (χ0n) is 10.9. The molecule has 0 spiro atoms. The first-order valence-corrected chi connectivity index (χ1v) is 7.53. The molecule has 1 N–H and O–H groups in total. The summed E-state index contributed by atoms with van der Waals surface area (Å²) in [6, 6.07) is 5.61. The van der Waals surface area contributed by atoms with Gasteiger partial charge in [0.2, 0.25) is 0 Å². The quantitative estimate of drug-likeness (QED) is 0.905. The first kappa shape index (κ1) is 13.7. The number of hydrogen-bond acceptors (Lipinski definition) is 3. The molecular weight excluding hydrogens is 249 g/mol. The van der Waals surface area contributed by atoms with Gasteiger partial charge in [0, 0.05) is 29.5 Å². The molecule has 1 aliphatic rings. The van der Waals surface area contributed by atoms with Gasteiger partial charge in [-0.2, -0.15) is 11.8 Å². The fourth-order valence-corrected chi connectivity index (χ4v) is 3.39. The summed E-state index contributed by atoms with van der Waals surface area (Å²) in [6.45, 7) is 2.02. The van der Waals surface area contributed by atoms with Crippen molar-refractivity contribution in [2.45, 2.75) is 31.8 Å². The molecule has 0 saturated carbocycles. The number of rotatable bonds is 4. The highest BCUT2D eigenvalue weighted by Gasteiger charge is 2.18. The SMILES string of the molecule is COc1ccc(C(C)NC2CCCSC2)c(F)c1. The van der Waals surface area contributed by atoms with Crippen LogP contribution in [0.3, 0.4) is 0 Å². The van der Waals surface area contributed by atoms with Crippen molar-refractivity contribution in [2.24, 2.45) is 0 Å². The van der Waals surface area contributed by atoms with Gasteiger partial charge in [-0.25, -0.2) is 4.39 Å². The van der Waals surface area contributed by atoms with Crippen LogP contribution in [0.2, 0.25) is 0 Å². The van der Waals surface area contributed by atoms with Gasteiger partial charge in [-0.05, 0) is 31.6 Å². The highest BCUT2D eigenvalue weighted by atomic mass is 32.2. The Labute approximate surface area is 112 Å². The molecule has 2 nitrogen and oxygen atoms in total. The minimum absolute atomic E-state index is 0.0413. The maximum atomic E-state index is 13.9. The molecule has 100 valence electrons. The topological polar surface area (TPSA) is 21.3 Å². The van der Waals surface area contributed by atoms with Gasteiger partial charge in [-0.1, -0.05) is 6.07 Å². The Bertz CT molecular complexity index is 393. The number of benzene rings is 1. The Morgan fingerprint density at radius 2 is 2.33 bits per heavy atom. The zero-order valence-corrected chi connectivity index (χ0v) is 11.7. The molecule has 4 heteroatoms. The summed E-state index contributed by atoms with van der Waals surface area (Å²) in [5.41, 5.74) is 0.714. The van der Waals surface area contributed by atoms with Gasteiger partial charge in [0.25, 0.3) is 0 Å². The van der Waals surface area contributed by atoms with E-state index in [2.05, 4.69) is 5.32 Å². The predicted octanol–water partition coefficient (Wildman–Crippen LogP) is 3.38. The molecule has 0 amide bonds. The number of thioether (sulfide) groups is 1. The monoisotopic (exact) mass is 269 g/mol. The third-order valence-corrected chi connectivity index (χ3v) is 4.54. The van der Waals surface area contributed by atoms with Crippen LogP contribution in [-0.4, -0.2) is 24.7 Å². The van der Waals surface area contributed by atoms with Crippen LogP contribution in [0.5, 0.6) is 5.75 Å². The molecule has 1 aromatic rings. The highest BCUT2D eigenvalue weighted by molar-refractivity contribution is 7.99. The molecule has 1 heterocycles. The predicted molar refractivity (Wildman–Crippen MR) is 74.8 cm³/mol. The van der Waals surface area contributed by atoms with Gasteiger partial charge < -0.3 is 10.1 Å². The maximum Gasteiger partial charge on any atom is 0.131 e. The van der Waals surface area contributed by atoms with E-state index in [1.807, 2.05) is 30.8 Å². The van der Waals surface area contributed by atoms with Crippen molar-refractivity contribution in [3.63, 3.8) is 0 Å². The molecule has 1 aliphatic heterocycles. The molecular formula is C14H20FNOS. The second-order valence-corrected chi connectivity index (χ2v) is 5.84. The van der Waals surface area contributed by atoms with Crippen molar-refractivity contribution >= 4 is 11.8 Å². The van der Waals surface area contributed by atoms with Crippen LogP contribution < -0.4 is 10.1 Å². The molecule has 0 aromatic heterocycles. The van der Waals surface area contributed by atoms with E-state index < -0.39 is 0 Å². The average molecular weight is 269 g/mol. The number of ether oxygens (including phenoxy) is 1. The van der Waals surface area contributed by atoms with E-state index in [0.29, 0.717) is 17.4 Å². The van der Waals surface area contributed by atoms with Crippen LogP contribution in [0.1, 0.15) is 31.4 Å². The number of hydrogen-bond donors (Lipinski definition) is 1. The third-order valence-electron chi connectivity index (χ3n) is 3.32. The van der Waals surface area contributed by atoms with Gasteiger partial charge in [0.05, 0.1) is 7.11 Å². The first-order chi connectivity index (χ1) is 8.70. The van der Waals surface area contributed by atoms with Crippen molar-refractivity contribution in [2.75, 3.05) is 18.6 Å². The summed E-state index contributed by atoms with van der Waals surface area (Å²) in [4.78, 5) is 0. The minimum atomic E-state index is -0.196. The summed E-state index contributed by atoms with van der Waals surface area (Å²) < 4.78 is 18.9. The molecule has 18 heavy (non-hydrogen) atoms. The zero-order chi connectivity index (χ0) is 13.0. The van der Waals surface area contributed by atoms with Gasteiger partial charge in [0.1, 0.15) is 11.6 Å². The highest BCUT2D eigenvalue weighted by Crippen LogP contribution is 2.24. The summed E-state index contributed by atoms with van der Waals surface area (Å²) in [7, 11) is 1.55. The lowest BCUT2D eigenvalue weighted by molar-refractivity contribution is 0.407. The lowest BCUT2D eigenvalue weighted by Crippen LogP contribution is -2.35. The molecule has 0 bridgehead atoms. The van der Waals surface area contributed by atoms with Crippen LogP contribution in [0.25, 0.3) is 0 Å². The van der Waals surface area contributed by atoms with Crippen molar-refractivity contribution in [1.82, 2.24) is 5.32 Å². The standard InChI is InChI=1S/C14H20FNOS/c1-10(16-11-4-3-7-18-9-11)13-6-5-12(17-2)8-14(13)15/h5-6,8,10-11,16H,3-4,7,9H2,1-2H3. The summed E-state index contributed by atoms with van der Waals surface area (Å²) >= 11 is 1.97.